The normalized spacial score (nSPS) is 30.1. The molecule has 3 aromatic rings. The van der Waals surface area contributed by atoms with E-state index in [0.717, 1.165) is 17.0 Å². The van der Waals surface area contributed by atoms with E-state index in [1.165, 1.54) is 6.07 Å². The van der Waals surface area contributed by atoms with Crippen LogP contribution in [0.1, 0.15) is 67.7 Å². The fraction of sp³-hybridized carbons (Fsp3) is 0.429. The van der Waals surface area contributed by atoms with Crippen LogP contribution in [0.4, 0.5) is 10.2 Å². The summed E-state index contributed by atoms with van der Waals surface area (Å²) in [6.07, 6.45) is -6.79. The molecule has 150 valence electrons. The maximum Gasteiger partial charge on any atom is 0.162 e. The van der Waals surface area contributed by atoms with Crippen LogP contribution in [-0.4, -0.2) is 39.0 Å². The molecule has 1 aliphatic heterocycles. The molecule has 8 heteroatoms. The average molecular weight is 426 g/mol. The number of aromatic nitrogens is 3. The van der Waals surface area contributed by atoms with E-state index < -0.39 is 86.4 Å². The fourth-order valence-corrected chi connectivity index (χ4v) is 3.30. The van der Waals surface area contributed by atoms with Gasteiger partial charge in [0.1, 0.15) is 29.9 Å². The summed E-state index contributed by atoms with van der Waals surface area (Å²) < 4.78 is 138. The topological polar surface area (TPSA) is 77.7 Å². The van der Waals surface area contributed by atoms with Gasteiger partial charge in [-0.2, -0.15) is 5.26 Å². The lowest BCUT2D eigenvalue weighted by Gasteiger charge is -2.32. The van der Waals surface area contributed by atoms with Crippen LogP contribution in [0.5, 0.6) is 0 Å². The zero-order valence-electron chi connectivity index (χ0n) is 29.7. The maximum absolute atomic E-state index is 13.8. The molecule has 4 rings (SSSR count). The quantitative estimate of drug-likeness (QED) is 0.657. The van der Waals surface area contributed by atoms with Gasteiger partial charge in [0.25, 0.3) is 0 Å². The van der Waals surface area contributed by atoms with Crippen molar-refractivity contribution in [3.63, 3.8) is 0 Å². The molecule has 1 saturated heterocycles. The summed E-state index contributed by atoms with van der Waals surface area (Å²) in [5, 5.41) is 8.36. The van der Waals surface area contributed by atoms with Crippen molar-refractivity contribution in [2.75, 3.05) is 18.4 Å². The molecular weight excluding hydrogens is 387 g/mol. The zero-order valence-corrected chi connectivity index (χ0v) is 15.5. The van der Waals surface area contributed by atoms with Gasteiger partial charge in [-0.05, 0) is 30.4 Å². The molecule has 1 aliphatic rings. The second kappa shape index (κ2) is 8.39. The number of nitrogens with one attached hydrogen (secondary N) is 1. The Hall–Kier alpha value is -2.63. The molecule has 1 atom stereocenters. The van der Waals surface area contributed by atoms with Gasteiger partial charge in [0.05, 0.1) is 11.9 Å². The molecule has 2 aromatic heterocycles. The van der Waals surface area contributed by atoms with Gasteiger partial charge in [0, 0.05) is 48.0 Å². The van der Waals surface area contributed by atoms with E-state index in [-0.39, 0.29) is 21.3 Å². The number of nitriles is 1. The first-order valence-electron chi connectivity index (χ1n) is 15.8. The monoisotopic (exact) mass is 425 g/mol. The molecule has 3 heterocycles. The summed E-state index contributed by atoms with van der Waals surface area (Å²) in [6, 6.07) is 1.64. The minimum Gasteiger partial charge on any atom is -0.365 e. The van der Waals surface area contributed by atoms with E-state index in [0.29, 0.717) is 11.3 Å². The summed E-state index contributed by atoms with van der Waals surface area (Å²) in [5.74, 6) is -4.94. The molecule has 0 bridgehead atoms. The van der Waals surface area contributed by atoms with E-state index in [1.54, 1.807) is 6.07 Å². The lowest BCUT2D eigenvalue weighted by Crippen LogP contribution is -2.38. The van der Waals surface area contributed by atoms with Gasteiger partial charge in [-0.1, -0.05) is 31.1 Å². The third kappa shape index (κ3) is 4.36. The second-order valence-electron chi connectivity index (χ2n) is 5.89. The molecular formula is C21H23FN6S. The Labute approximate surface area is 194 Å². The van der Waals surface area contributed by atoms with Crippen molar-refractivity contribution in [3.8, 4) is 6.07 Å². The van der Waals surface area contributed by atoms with Gasteiger partial charge in [-0.3, -0.25) is 4.90 Å². The summed E-state index contributed by atoms with van der Waals surface area (Å²) in [7, 11) is 0. The summed E-state index contributed by atoms with van der Waals surface area (Å²) in [6.45, 7) is -10.00. The molecule has 0 saturated carbocycles. The molecule has 0 aliphatic carbocycles. The number of likely N-dealkylation sites (tertiary alicyclic amines) is 1. The molecule has 0 amide bonds. The van der Waals surface area contributed by atoms with E-state index in [1.807, 2.05) is 0 Å². The van der Waals surface area contributed by atoms with Crippen LogP contribution < -0.4 is 5.31 Å². The Morgan fingerprint density at radius 2 is 2.41 bits per heavy atom. The third-order valence-corrected chi connectivity index (χ3v) is 4.87. The molecule has 0 radical (unpaired) electrons. The zero-order chi connectivity index (χ0) is 33.4. The highest BCUT2D eigenvalue weighted by Gasteiger charge is 2.21. The van der Waals surface area contributed by atoms with Gasteiger partial charge in [0.15, 0.2) is 7.23 Å². The number of thiazole rings is 1. The van der Waals surface area contributed by atoms with Crippen molar-refractivity contribution in [3.05, 3.63) is 46.5 Å². The van der Waals surface area contributed by atoms with Crippen LogP contribution >= 0.6 is 11.3 Å². The Balaban J connectivity index is 1.81. The van der Waals surface area contributed by atoms with Crippen molar-refractivity contribution in [2.45, 2.75) is 44.9 Å². The molecule has 29 heavy (non-hydrogen) atoms. The van der Waals surface area contributed by atoms with Crippen molar-refractivity contribution >= 4 is 27.5 Å². The Morgan fingerprint density at radius 1 is 1.59 bits per heavy atom. The smallest absolute Gasteiger partial charge is 0.162 e. The first-order chi connectivity index (χ1) is 19.9. The van der Waals surface area contributed by atoms with Crippen LogP contribution in [0.3, 0.4) is 0 Å². The average Bonchev–Trinajstić information content (AvgIpc) is 3.32. The molecule has 6 nitrogen and oxygen atoms in total. The highest BCUT2D eigenvalue weighted by molar-refractivity contribution is 7.18. The van der Waals surface area contributed by atoms with Crippen LogP contribution in [0, 0.1) is 17.1 Å². The number of nitrogens with zero attached hydrogens (tertiary/aromatic N) is 5. The standard InChI is InChI=1S/C21H23FN6S/c1-13(2)20-27-18-19(24-12-25-21(18)29-20)26-16-5-7-28(8-6-16)11-14-3-4-17(22)15(9-14)10-23/h3-4,9,12-13,16H,5-8,11H2,1-2H3,(H,24,25,26)/i1D3,2D3,5D2,6D2,11D,12D,13D,16D/hD. The third-order valence-electron chi connectivity index (χ3n) is 3.90. The Morgan fingerprint density at radius 3 is 3.17 bits per heavy atom. The van der Waals surface area contributed by atoms with Crippen LogP contribution in [-0.2, 0) is 6.52 Å². The predicted molar refractivity (Wildman–Crippen MR) is 112 cm³/mol. The van der Waals surface area contributed by atoms with E-state index >= 15 is 0 Å². The molecule has 0 spiro atoms. The lowest BCUT2D eigenvalue weighted by molar-refractivity contribution is 0.211. The SMILES string of the molecule is [2H]c1nc(N([2H])C2([2H])C([2H])([2H])CN(C([2H])c3ccc(F)c(C#N)c3)CC2([2H])[2H])c2nc(C([2H])(C([2H])([2H])[2H])C([2H])([2H])[2H])sc2n1. The van der Waals surface area contributed by atoms with Crippen molar-refractivity contribution < 1.29 is 25.0 Å². The highest BCUT2D eigenvalue weighted by Crippen LogP contribution is 2.29. The first kappa shape index (κ1) is 8.62. The van der Waals surface area contributed by atoms with Crippen LogP contribution in [0.25, 0.3) is 10.3 Å². The molecule has 1 aromatic carbocycles. The Kier molecular flexibility index (Phi) is 2.50. The van der Waals surface area contributed by atoms with Gasteiger partial charge < -0.3 is 5.31 Å². The van der Waals surface area contributed by atoms with Crippen LogP contribution in [0.2, 0.25) is 1.41 Å². The lowest BCUT2D eigenvalue weighted by atomic mass is 10.0. The van der Waals surface area contributed by atoms with Crippen LogP contribution in [0.15, 0.2) is 24.5 Å². The van der Waals surface area contributed by atoms with Crippen molar-refractivity contribution in [2.24, 2.45) is 0 Å². The predicted octanol–water partition coefficient (Wildman–Crippen LogP) is 4.30. The molecule has 1 fully saturated rings. The fourth-order valence-electron chi connectivity index (χ4n) is 2.56. The number of piperidine rings is 1. The second-order valence-corrected chi connectivity index (χ2v) is 6.87. The first-order valence-corrected chi connectivity index (χ1v) is 9.05. The van der Waals surface area contributed by atoms with Gasteiger partial charge >= 0.3 is 0 Å². The summed E-state index contributed by atoms with van der Waals surface area (Å²) >= 11 is 0.324. The number of hydrogen-bond acceptors (Lipinski definition) is 7. The minimum absolute atomic E-state index is 0.0246. The number of benzene rings is 1. The van der Waals surface area contributed by atoms with Gasteiger partial charge in [-0.25, -0.2) is 19.3 Å². The largest absolute Gasteiger partial charge is 0.365 e. The number of hydrogen-bond donors (Lipinski definition) is 1. The summed E-state index contributed by atoms with van der Waals surface area (Å²) in [5.41, 5.74) is -0.885. The van der Waals surface area contributed by atoms with Gasteiger partial charge in [-0.15, -0.1) is 0 Å². The maximum atomic E-state index is 13.8. The minimum atomic E-state index is -3.44. The van der Waals surface area contributed by atoms with E-state index in [4.69, 9.17) is 25.9 Å². The number of rotatable bonds is 5. The Bertz CT molecular complexity index is 1600. The van der Waals surface area contributed by atoms with Crippen molar-refractivity contribution in [1.29, 1.82) is 5.26 Å². The van der Waals surface area contributed by atoms with Crippen molar-refractivity contribution in [1.82, 2.24) is 19.9 Å². The van der Waals surface area contributed by atoms with E-state index in [2.05, 4.69) is 15.0 Å². The number of fused-ring (bicyclic) bond motifs is 1. The van der Waals surface area contributed by atoms with E-state index in [9.17, 15) is 4.39 Å². The number of anilines is 1. The molecule has 1 unspecified atom stereocenters. The summed E-state index contributed by atoms with van der Waals surface area (Å²) in [4.78, 5) is 12.1. The number of halogens is 1. The van der Waals surface area contributed by atoms with Gasteiger partial charge in [0.2, 0.25) is 0 Å². The molecule has 1 N–H and O–H groups in total. The highest BCUT2D eigenvalue weighted by atomic mass is 32.1.